The van der Waals surface area contributed by atoms with E-state index in [1.807, 2.05) is 50.2 Å². The summed E-state index contributed by atoms with van der Waals surface area (Å²) in [7, 11) is 0. The topological polar surface area (TPSA) is 41.5 Å². The number of amides is 1. The van der Waals surface area contributed by atoms with Crippen molar-refractivity contribution in [3.05, 3.63) is 82.9 Å². The summed E-state index contributed by atoms with van der Waals surface area (Å²) in [4.78, 5) is 12.1. The Hall–Kier alpha value is -2.94. The highest BCUT2D eigenvalue weighted by molar-refractivity contribution is 5.99. The summed E-state index contributed by atoms with van der Waals surface area (Å²) in [5.74, 6) is -0.111. The van der Waals surface area contributed by atoms with E-state index in [1.54, 1.807) is 6.21 Å². The monoisotopic (exact) mass is 316 g/mol. The van der Waals surface area contributed by atoms with Crippen molar-refractivity contribution in [3.8, 4) is 0 Å². The maximum Gasteiger partial charge on any atom is 0.244 e. The first-order valence-electron chi connectivity index (χ1n) is 7.99. The molecule has 0 saturated heterocycles. The second-order valence-electron chi connectivity index (χ2n) is 5.97. The third-order valence-corrected chi connectivity index (χ3v) is 4.07. The Balaban J connectivity index is 1.69. The lowest BCUT2D eigenvalue weighted by Crippen LogP contribution is -2.20. The fourth-order valence-corrected chi connectivity index (χ4v) is 2.74. The highest BCUT2D eigenvalue weighted by atomic mass is 16.2. The van der Waals surface area contributed by atoms with E-state index in [1.165, 1.54) is 0 Å². The van der Waals surface area contributed by atoms with Gasteiger partial charge >= 0.3 is 0 Å². The van der Waals surface area contributed by atoms with E-state index in [0.29, 0.717) is 6.42 Å². The van der Waals surface area contributed by atoms with Crippen LogP contribution in [0.25, 0.3) is 10.8 Å². The van der Waals surface area contributed by atoms with E-state index in [4.69, 9.17) is 0 Å². The van der Waals surface area contributed by atoms with Gasteiger partial charge in [-0.1, -0.05) is 66.2 Å². The molecule has 0 spiro atoms. The Morgan fingerprint density at radius 2 is 1.83 bits per heavy atom. The molecule has 0 fully saturated rings. The number of nitrogens with one attached hydrogen (secondary N) is 1. The van der Waals surface area contributed by atoms with E-state index in [2.05, 4.69) is 34.8 Å². The Kier molecular flexibility index (Phi) is 4.71. The molecule has 3 nitrogen and oxygen atoms in total. The Bertz CT molecular complexity index is 907. The van der Waals surface area contributed by atoms with E-state index < -0.39 is 0 Å². The zero-order chi connectivity index (χ0) is 16.9. The number of carbonyl (C=O) groups is 1. The molecule has 0 aliphatic rings. The molecule has 0 radical (unpaired) electrons. The van der Waals surface area contributed by atoms with Gasteiger partial charge < -0.3 is 0 Å². The molecule has 3 heteroatoms. The number of fused-ring (bicyclic) bond motifs is 1. The van der Waals surface area contributed by atoms with Crippen molar-refractivity contribution in [2.75, 3.05) is 0 Å². The fourth-order valence-electron chi connectivity index (χ4n) is 2.74. The predicted molar refractivity (Wildman–Crippen MR) is 99.3 cm³/mol. The molecule has 120 valence electrons. The Morgan fingerprint density at radius 3 is 2.71 bits per heavy atom. The second kappa shape index (κ2) is 7.09. The van der Waals surface area contributed by atoms with Crippen LogP contribution in [0.1, 0.15) is 22.3 Å². The summed E-state index contributed by atoms with van der Waals surface area (Å²) in [6, 6.07) is 20.3. The number of benzene rings is 3. The van der Waals surface area contributed by atoms with Crippen LogP contribution in [0, 0.1) is 13.8 Å². The molecule has 0 saturated carbocycles. The van der Waals surface area contributed by atoms with Gasteiger partial charge in [-0.15, -0.1) is 0 Å². The lowest BCUT2D eigenvalue weighted by atomic mass is 10.0. The molecule has 0 aliphatic carbocycles. The molecule has 0 aromatic heterocycles. The molecular weight excluding hydrogens is 296 g/mol. The molecule has 0 unspecified atom stereocenters. The first-order valence-corrected chi connectivity index (χ1v) is 7.99. The van der Waals surface area contributed by atoms with Gasteiger partial charge in [-0.2, -0.15) is 5.10 Å². The van der Waals surface area contributed by atoms with E-state index in [9.17, 15) is 4.79 Å². The van der Waals surface area contributed by atoms with Gasteiger partial charge in [0.2, 0.25) is 5.91 Å². The predicted octanol–water partition coefficient (Wildman–Crippen LogP) is 4.15. The third-order valence-electron chi connectivity index (χ3n) is 4.07. The van der Waals surface area contributed by atoms with Gasteiger partial charge in [0.1, 0.15) is 0 Å². The number of hydrazone groups is 1. The lowest BCUT2D eigenvalue weighted by molar-refractivity contribution is -0.120. The van der Waals surface area contributed by atoms with Crippen LogP contribution in [0.4, 0.5) is 0 Å². The first-order chi connectivity index (χ1) is 11.6. The summed E-state index contributed by atoms with van der Waals surface area (Å²) in [6.07, 6.45) is 2.03. The lowest BCUT2D eigenvalue weighted by Gasteiger charge is -2.06. The number of aryl methyl sites for hydroxylation is 2. The summed E-state index contributed by atoms with van der Waals surface area (Å²) in [5, 5.41) is 6.39. The molecule has 0 atom stereocenters. The fraction of sp³-hybridized carbons (Fsp3) is 0.143. The van der Waals surface area contributed by atoms with Gasteiger partial charge in [-0.05, 0) is 35.7 Å². The van der Waals surface area contributed by atoms with Crippen LogP contribution in [-0.4, -0.2) is 12.1 Å². The maximum atomic E-state index is 12.1. The SMILES string of the molecule is Cc1ccc(C)c(CC(=O)N/N=C\c2cccc3ccccc23)c1. The minimum Gasteiger partial charge on any atom is -0.273 e. The van der Waals surface area contributed by atoms with Crippen LogP contribution in [0.2, 0.25) is 0 Å². The van der Waals surface area contributed by atoms with Gasteiger partial charge in [0.05, 0.1) is 12.6 Å². The first kappa shape index (κ1) is 15.9. The minimum absolute atomic E-state index is 0.111. The van der Waals surface area contributed by atoms with Crippen LogP contribution in [-0.2, 0) is 11.2 Å². The van der Waals surface area contributed by atoms with Gasteiger partial charge in [0.15, 0.2) is 0 Å². The second-order valence-corrected chi connectivity index (χ2v) is 5.97. The van der Waals surface area contributed by atoms with E-state index in [-0.39, 0.29) is 5.91 Å². The third kappa shape index (κ3) is 3.69. The number of hydrogen-bond acceptors (Lipinski definition) is 2. The maximum absolute atomic E-state index is 12.1. The molecule has 3 aromatic rings. The standard InChI is InChI=1S/C21H20N2O/c1-15-10-11-16(2)19(12-15)13-21(24)23-22-14-18-8-5-7-17-6-3-4-9-20(17)18/h3-12,14H,13H2,1-2H3,(H,23,24)/b22-14-. The van der Waals surface area contributed by atoms with Crippen molar-refractivity contribution in [1.82, 2.24) is 5.43 Å². The smallest absolute Gasteiger partial charge is 0.244 e. The van der Waals surface area contributed by atoms with Crippen molar-refractivity contribution >= 4 is 22.9 Å². The van der Waals surface area contributed by atoms with Gasteiger partial charge in [-0.25, -0.2) is 5.43 Å². The molecule has 0 aliphatic heterocycles. The molecule has 24 heavy (non-hydrogen) atoms. The van der Waals surface area contributed by atoms with Crippen molar-refractivity contribution < 1.29 is 4.79 Å². The highest BCUT2D eigenvalue weighted by Gasteiger charge is 2.05. The molecule has 0 bridgehead atoms. The minimum atomic E-state index is -0.111. The van der Waals surface area contributed by atoms with Crippen LogP contribution >= 0.6 is 0 Å². The zero-order valence-corrected chi connectivity index (χ0v) is 13.9. The normalized spacial score (nSPS) is 11.1. The summed E-state index contributed by atoms with van der Waals surface area (Å²) >= 11 is 0. The Labute approximate surface area is 142 Å². The van der Waals surface area contributed by atoms with Crippen molar-refractivity contribution in [2.24, 2.45) is 5.10 Å². The number of carbonyl (C=O) groups excluding carboxylic acids is 1. The van der Waals surface area contributed by atoms with Crippen molar-refractivity contribution in [1.29, 1.82) is 0 Å². The summed E-state index contributed by atoms with van der Waals surface area (Å²) in [6.45, 7) is 4.04. The van der Waals surface area contributed by atoms with Gasteiger partial charge in [-0.3, -0.25) is 4.79 Å². The van der Waals surface area contributed by atoms with Crippen LogP contribution in [0.5, 0.6) is 0 Å². The largest absolute Gasteiger partial charge is 0.273 e. The van der Waals surface area contributed by atoms with Crippen molar-refractivity contribution in [3.63, 3.8) is 0 Å². The molecular formula is C21H20N2O. The van der Waals surface area contributed by atoms with Gasteiger partial charge in [0, 0.05) is 5.56 Å². The number of hydrogen-bond donors (Lipinski definition) is 1. The quantitative estimate of drug-likeness (QED) is 0.570. The summed E-state index contributed by atoms with van der Waals surface area (Å²) in [5.41, 5.74) is 6.92. The number of rotatable bonds is 4. The van der Waals surface area contributed by atoms with Crippen LogP contribution in [0.3, 0.4) is 0 Å². The average molecular weight is 316 g/mol. The number of nitrogens with zero attached hydrogens (tertiary/aromatic N) is 1. The highest BCUT2D eigenvalue weighted by Crippen LogP contribution is 2.16. The van der Waals surface area contributed by atoms with Gasteiger partial charge in [0.25, 0.3) is 0 Å². The zero-order valence-electron chi connectivity index (χ0n) is 13.9. The van der Waals surface area contributed by atoms with Crippen LogP contribution in [0.15, 0.2) is 65.8 Å². The van der Waals surface area contributed by atoms with Crippen LogP contribution < -0.4 is 5.43 Å². The molecule has 1 N–H and O–H groups in total. The Morgan fingerprint density at radius 1 is 1.04 bits per heavy atom. The average Bonchev–Trinajstić information content (AvgIpc) is 2.58. The van der Waals surface area contributed by atoms with E-state index >= 15 is 0 Å². The molecule has 0 heterocycles. The molecule has 1 amide bonds. The molecule has 3 aromatic carbocycles. The summed E-state index contributed by atoms with van der Waals surface area (Å²) < 4.78 is 0. The molecule has 3 rings (SSSR count). The van der Waals surface area contributed by atoms with E-state index in [0.717, 1.165) is 33.0 Å². The van der Waals surface area contributed by atoms with Crippen molar-refractivity contribution in [2.45, 2.75) is 20.3 Å².